The van der Waals surface area contributed by atoms with E-state index in [1.54, 1.807) is 23.3 Å². The van der Waals surface area contributed by atoms with Crippen LogP contribution in [0.2, 0.25) is 0 Å². The minimum atomic E-state index is -0.160. The fourth-order valence-electron chi connectivity index (χ4n) is 3.95. The third-order valence-electron chi connectivity index (χ3n) is 5.44. The van der Waals surface area contributed by atoms with E-state index in [0.29, 0.717) is 0 Å². The summed E-state index contributed by atoms with van der Waals surface area (Å²) in [6.45, 7) is 5.35. The summed E-state index contributed by atoms with van der Waals surface area (Å²) >= 11 is 0. The molecule has 3 heteroatoms. The predicted octanol–water partition coefficient (Wildman–Crippen LogP) is 3.68. The Labute approximate surface area is 143 Å². The first-order valence-corrected chi connectivity index (χ1v) is 9.11. The molecule has 0 aromatic heterocycles. The smallest absolute Gasteiger partial charge is 0.123 e. The summed E-state index contributed by atoms with van der Waals surface area (Å²) in [6.07, 6.45) is 4.99. The Morgan fingerprint density at radius 3 is 2.38 bits per heavy atom. The van der Waals surface area contributed by atoms with Crippen molar-refractivity contribution in [2.45, 2.75) is 25.7 Å². The summed E-state index contributed by atoms with van der Waals surface area (Å²) in [5.41, 5.74) is 5.76. The Morgan fingerprint density at radius 2 is 1.58 bits per heavy atom. The average Bonchev–Trinajstić information content (AvgIpc) is 3.09. The van der Waals surface area contributed by atoms with Crippen LogP contribution >= 0.6 is 0 Å². The number of anilines is 1. The Kier molecular flexibility index (Phi) is 4.52. The van der Waals surface area contributed by atoms with Crippen molar-refractivity contribution in [3.63, 3.8) is 0 Å². The number of hydrogen-bond donors (Lipinski definition) is 0. The minimum absolute atomic E-state index is 0.160. The lowest BCUT2D eigenvalue weighted by molar-refractivity contribution is 0.261. The van der Waals surface area contributed by atoms with Gasteiger partial charge in [0.1, 0.15) is 5.82 Å². The summed E-state index contributed by atoms with van der Waals surface area (Å²) in [4.78, 5) is 4.90. The molecular formula is C21H25FN2. The second kappa shape index (κ2) is 6.94. The van der Waals surface area contributed by atoms with Crippen molar-refractivity contribution in [1.82, 2.24) is 4.90 Å². The van der Waals surface area contributed by atoms with Crippen LogP contribution in [-0.2, 0) is 19.3 Å². The van der Waals surface area contributed by atoms with Crippen molar-refractivity contribution in [2.75, 3.05) is 37.6 Å². The van der Waals surface area contributed by atoms with Gasteiger partial charge in [-0.15, -0.1) is 0 Å². The van der Waals surface area contributed by atoms with Gasteiger partial charge in [-0.2, -0.15) is 0 Å². The number of benzene rings is 2. The molecule has 0 bridgehead atoms. The molecule has 1 aliphatic heterocycles. The van der Waals surface area contributed by atoms with Crippen molar-refractivity contribution in [1.29, 1.82) is 0 Å². The lowest BCUT2D eigenvalue weighted by Crippen LogP contribution is -2.47. The fourth-order valence-corrected chi connectivity index (χ4v) is 3.95. The van der Waals surface area contributed by atoms with Gasteiger partial charge >= 0.3 is 0 Å². The van der Waals surface area contributed by atoms with E-state index in [9.17, 15) is 4.39 Å². The van der Waals surface area contributed by atoms with Crippen LogP contribution in [0.25, 0.3) is 0 Å². The third kappa shape index (κ3) is 3.46. The molecule has 1 aliphatic carbocycles. The zero-order valence-corrected chi connectivity index (χ0v) is 14.2. The maximum Gasteiger partial charge on any atom is 0.123 e. The third-order valence-corrected chi connectivity index (χ3v) is 5.44. The zero-order valence-electron chi connectivity index (χ0n) is 14.2. The van der Waals surface area contributed by atoms with Crippen LogP contribution in [0.3, 0.4) is 0 Å². The molecule has 0 N–H and O–H groups in total. The van der Waals surface area contributed by atoms with Gasteiger partial charge in [-0.05, 0) is 66.6 Å². The number of rotatable bonds is 4. The van der Waals surface area contributed by atoms with Gasteiger partial charge in [0.15, 0.2) is 0 Å². The molecular weight excluding hydrogens is 299 g/mol. The summed E-state index contributed by atoms with van der Waals surface area (Å²) in [5, 5.41) is 0. The molecule has 126 valence electrons. The van der Waals surface area contributed by atoms with Crippen LogP contribution < -0.4 is 4.90 Å². The Bertz CT molecular complexity index is 687. The van der Waals surface area contributed by atoms with Gasteiger partial charge in [0.25, 0.3) is 0 Å². The van der Waals surface area contributed by atoms with E-state index in [1.165, 1.54) is 24.8 Å². The van der Waals surface area contributed by atoms with Gasteiger partial charge in [0.2, 0.25) is 0 Å². The first-order chi connectivity index (χ1) is 11.8. The molecule has 0 spiro atoms. The molecule has 0 radical (unpaired) electrons. The molecule has 0 amide bonds. The van der Waals surface area contributed by atoms with Crippen LogP contribution in [0.1, 0.15) is 23.1 Å². The van der Waals surface area contributed by atoms with Gasteiger partial charge in [0.05, 0.1) is 0 Å². The predicted molar refractivity (Wildman–Crippen MR) is 97.2 cm³/mol. The van der Waals surface area contributed by atoms with Crippen LogP contribution in [0.5, 0.6) is 0 Å². The maximum absolute atomic E-state index is 13.0. The molecule has 24 heavy (non-hydrogen) atoms. The van der Waals surface area contributed by atoms with Crippen LogP contribution in [0.15, 0.2) is 42.5 Å². The van der Waals surface area contributed by atoms with Crippen molar-refractivity contribution in [3.05, 3.63) is 65.0 Å². The van der Waals surface area contributed by atoms with E-state index in [2.05, 4.69) is 28.0 Å². The van der Waals surface area contributed by atoms with Crippen molar-refractivity contribution in [2.24, 2.45) is 0 Å². The highest BCUT2D eigenvalue weighted by Gasteiger charge is 2.17. The van der Waals surface area contributed by atoms with Crippen molar-refractivity contribution < 1.29 is 4.39 Å². The number of hydrogen-bond acceptors (Lipinski definition) is 2. The van der Waals surface area contributed by atoms with E-state index >= 15 is 0 Å². The van der Waals surface area contributed by atoms with E-state index < -0.39 is 0 Å². The largest absolute Gasteiger partial charge is 0.369 e. The van der Waals surface area contributed by atoms with Crippen LogP contribution in [0, 0.1) is 5.82 Å². The average molecular weight is 324 g/mol. The highest BCUT2D eigenvalue weighted by molar-refractivity contribution is 5.46. The molecule has 0 atom stereocenters. The Balaban J connectivity index is 1.28. The molecule has 0 unspecified atom stereocenters. The fraction of sp³-hybridized carbons (Fsp3) is 0.429. The lowest BCUT2D eigenvalue weighted by atomic mass is 10.0. The highest BCUT2D eigenvalue weighted by Crippen LogP contribution is 2.23. The summed E-state index contributed by atoms with van der Waals surface area (Å²) in [5.74, 6) is -0.160. The first kappa shape index (κ1) is 15.6. The van der Waals surface area contributed by atoms with E-state index in [4.69, 9.17) is 0 Å². The number of halogens is 1. The van der Waals surface area contributed by atoms with Gasteiger partial charge < -0.3 is 4.90 Å². The van der Waals surface area contributed by atoms with Crippen LogP contribution in [0.4, 0.5) is 10.1 Å². The Hall–Kier alpha value is -1.87. The molecule has 1 heterocycles. The second-order valence-corrected chi connectivity index (χ2v) is 7.01. The van der Waals surface area contributed by atoms with E-state index in [0.717, 1.165) is 44.8 Å². The molecule has 2 aromatic carbocycles. The van der Waals surface area contributed by atoms with Crippen molar-refractivity contribution >= 4 is 5.69 Å². The summed E-state index contributed by atoms with van der Waals surface area (Å²) in [7, 11) is 0. The molecule has 2 nitrogen and oxygen atoms in total. The van der Waals surface area contributed by atoms with Gasteiger partial charge in [-0.25, -0.2) is 4.39 Å². The molecule has 2 aromatic rings. The number of fused-ring (bicyclic) bond motifs is 1. The van der Waals surface area contributed by atoms with Crippen molar-refractivity contribution in [3.8, 4) is 0 Å². The molecule has 0 saturated carbocycles. The maximum atomic E-state index is 13.0. The van der Waals surface area contributed by atoms with E-state index in [-0.39, 0.29) is 5.82 Å². The lowest BCUT2D eigenvalue weighted by Gasteiger charge is -2.36. The topological polar surface area (TPSA) is 6.48 Å². The minimum Gasteiger partial charge on any atom is -0.369 e. The summed E-state index contributed by atoms with van der Waals surface area (Å²) in [6, 6.07) is 14.0. The normalized spacial score (nSPS) is 18.0. The van der Waals surface area contributed by atoms with Gasteiger partial charge in [-0.1, -0.05) is 18.2 Å². The standard InChI is InChI=1S/C21H25FN2/c22-20-6-8-21(9-7-20)24-14-12-23(13-15-24)11-10-17-4-5-18-2-1-3-19(18)16-17/h4-9,16H,1-3,10-15H2. The summed E-state index contributed by atoms with van der Waals surface area (Å²) < 4.78 is 13.0. The number of aryl methyl sites for hydroxylation is 2. The quantitative estimate of drug-likeness (QED) is 0.846. The Morgan fingerprint density at radius 1 is 0.833 bits per heavy atom. The molecule has 1 fully saturated rings. The zero-order chi connectivity index (χ0) is 16.4. The van der Waals surface area contributed by atoms with Gasteiger partial charge in [0, 0.05) is 38.4 Å². The highest BCUT2D eigenvalue weighted by atomic mass is 19.1. The number of nitrogens with zero attached hydrogens (tertiary/aromatic N) is 2. The van der Waals surface area contributed by atoms with Crippen LogP contribution in [-0.4, -0.2) is 37.6 Å². The molecule has 4 rings (SSSR count). The van der Waals surface area contributed by atoms with Gasteiger partial charge in [-0.3, -0.25) is 4.90 Å². The molecule has 2 aliphatic rings. The molecule has 1 saturated heterocycles. The SMILES string of the molecule is Fc1ccc(N2CCN(CCc3ccc4c(c3)CCC4)CC2)cc1. The second-order valence-electron chi connectivity index (χ2n) is 7.01. The van der Waals surface area contributed by atoms with E-state index in [1.807, 2.05) is 12.1 Å². The first-order valence-electron chi connectivity index (χ1n) is 9.11. The number of piperazine rings is 1. The monoisotopic (exact) mass is 324 g/mol.